The van der Waals surface area contributed by atoms with Gasteiger partial charge in [-0.05, 0) is 357 Å². The highest BCUT2D eigenvalue weighted by molar-refractivity contribution is 6.45. The predicted octanol–water partition coefficient (Wildman–Crippen LogP) is 24.7. The van der Waals surface area contributed by atoms with E-state index in [4.69, 9.17) is 50.0 Å². The van der Waals surface area contributed by atoms with Gasteiger partial charge < -0.3 is 69.3 Å². The van der Waals surface area contributed by atoms with Crippen LogP contribution in [0.1, 0.15) is 296 Å². The van der Waals surface area contributed by atoms with Crippen LogP contribution in [0.15, 0.2) is 178 Å². The predicted molar refractivity (Wildman–Crippen MR) is 567 cm³/mol. The molecular weight excluding hydrogens is 1750 g/mol. The van der Waals surface area contributed by atoms with Gasteiger partial charge in [0.1, 0.15) is 0 Å². The topological polar surface area (TPSA) is 218 Å². The number of hydrogen-bond acceptors (Lipinski definition) is 15. The van der Waals surface area contributed by atoms with Crippen molar-refractivity contribution in [2.45, 2.75) is 273 Å². The Labute approximate surface area is 834 Å². The minimum Gasteiger partial charge on any atom is -0.379 e. The summed E-state index contributed by atoms with van der Waals surface area (Å²) in [6.07, 6.45) is 44.1. The number of aliphatic imine (C=N–C) groups is 2. The average Bonchev–Trinajstić information content (AvgIpc) is 0.847. The Balaban J connectivity index is 0.000000157. The molecule has 23 nitrogen and oxygen atoms in total. The zero-order valence-electron chi connectivity index (χ0n) is 86.0. The van der Waals surface area contributed by atoms with Gasteiger partial charge in [0.05, 0.1) is 68.6 Å². The first-order valence-corrected chi connectivity index (χ1v) is 51.5. The van der Waals surface area contributed by atoms with Crippen molar-refractivity contribution in [1.29, 1.82) is 0 Å². The first-order chi connectivity index (χ1) is 67.0. The Morgan fingerprint density at radius 3 is 0.993 bits per heavy atom. The SMILES string of the molecule is [C-]#[N+]C1=CCC(C(=O)Nc2ccc(C(C)(C)OCCCN3CCCC3)cc2C2=CCCCC2)=N1.[C-]#[N+]C1=CCC(C(=O)Nc2ccc(C(C)(C)OCCN3CCCC3)cc2C2=CCC(C)(C)CC2)=C1.[C-]#[N+]C1=CCC(C(=O)Nc2ccc(C(C)(C)OCCN3CCCC3)cc2C2=CCC(C)(C)CC2)=N1.[C-]#[N+]C1=CCC(C(=O)Nc2ccc(C(C)(C)OCCN3CCOCC3)cc2C2=CCC(C)(C)CC2)=C1. The minimum atomic E-state index is -0.458. The van der Waals surface area contributed by atoms with E-state index in [1.165, 1.54) is 107 Å². The minimum absolute atomic E-state index is 0.133. The number of ether oxygens (including phenoxy) is 5. The van der Waals surface area contributed by atoms with Crippen LogP contribution in [0.4, 0.5) is 22.7 Å². The van der Waals surface area contributed by atoms with E-state index >= 15 is 0 Å². The van der Waals surface area contributed by atoms with Crippen LogP contribution in [-0.2, 0) is 65.3 Å². The van der Waals surface area contributed by atoms with Crippen LogP contribution in [-0.4, -0.2) is 173 Å². The van der Waals surface area contributed by atoms with E-state index in [0.717, 1.165) is 210 Å². The molecule has 744 valence electrons. The molecule has 4 amide bonds. The number of anilines is 4. The van der Waals surface area contributed by atoms with Crippen molar-refractivity contribution < 1.29 is 42.9 Å². The molecule has 0 atom stereocenters. The Kier molecular flexibility index (Phi) is 37.0. The fourth-order valence-electron chi connectivity index (χ4n) is 19.9. The van der Waals surface area contributed by atoms with Gasteiger partial charge in [-0.2, -0.15) is 0 Å². The van der Waals surface area contributed by atoms with Gasteiger partial charge >= 0.3 is 0 Å². The van der Waals surface area contributed by atoms with Crippen molar-refractivity contribution in [2.75, 3.05) is 139 Å². The molecule has 4 fully saturated rings. The molecular formula is C117H152N14O9. The van der Waals surface area contributed by atoms with Crippen molar-refractivity contribution in [3.63, 3.8) is 0 Å². The quantitative estimate of drug-likeness (QED) is 0.0258. The Bertz CT molecular complexity index is 5560. The number of benzene rings is 4. The number of carbonyl (C=O) groups excluding carboxylic acids is 4. The van der Waals surface area contributed by atoms with E-state index in [1.807, 2.05) is 24.3 Å². The van der Waals surface area contributed by atoms with E-state index < -0.39 is 22.4 Å². The molecule has 23 heteroatoms. The third kappa shape index (κ3) is 30.1. The van der Waals surface area contributed by atoms with Crippen molar-refractivity contribution >= 4 is 80.1 Å². The van der Waals surface area contributed by atoms with Gasteiger partial charge in [0, 0.05) is 115 Å². The molecule has 4 N–H and O–H groups in total. The zero-order chi connectivity index (χ0) is 99.8. The number of likely N-dealkylation sites (tertiary alicyclic amines) is 3. The number of carbonyl (C=O) groups is 4. The summed E-state index contributed by atoms with van der Waals surface area (Å²) in [4.78, 5) is 83.5. The maximum atomic E-state index is 13.0. The van der Waals surface area contributed by atoms with E-state index in [9.17, 15) is 19.2 Å². The molecule has 16 rings (SSSR count). The average molecular weight is 1900 g/mol. The summed E-state index contributed by atoms with van der Waals surface area (Å²) < 4.78 is 31.0. The molecule has 0 saturated carbocycles. The molecule has 0 bridgehead atoms. The van der Waals surface area contributed by atoms with Crippen molar-refractivity contribution in [2.24, 2.45) is 26.2 Å². The van der Waals surface area contributed by atoms with Crippen molar-refractivity contribution in [1.82, 2.24) is 19.6 Å². The number of morpholine rings is 1. The van der Waals surface area contributed by atoms with E-state index in [0.29, 0.717) is 102 Å². The van der Waals surface area contributed by atoms with E-state index in [-0.39, 0.29) is 29.4 Å². The van der Waals surface area contributed by atoms with E-state index in [1.54, 1.807) is 36.5 Å². The zero-order valence-corrected chi connectivity index (χ0v) is 86.0. The van der Waals surface area contributed by atoms with Crippen molar-refractivity contribution in [3.8, 4) is 0 Å². The van der Waals surface area contributed by atoms with Crippen LogP contribution in [0.2, 0.25) is 0 Å². The summed E-state index contributed by atoms with van der Waals surface area (Å²) in [7, 11) is 0. The second-order valence-corrected chi connectivity index (χ2v) is 43.6. The lowest BCUT2D eigenvalue weighted by atomic mass is 9.76. The Morgan fingerprint density at radius 2 is 0.693 bits per heavy atom. The molecule has 4 aromatic carbocycles. The number of hydrogen-bond donors (Lipinski definition) is 4. The Hall–Kier alpha value is -10.9. The van der Waals surface area contributed by atoms with Crippen LogP contribution < -0.4 is 21.3 Å². The normalized spacial score (nSPS) is 19.8. The molecule has 4 saturated heterocycles. The molecule has 6 aliphatic carbocycles. The summed E-state index contributed by atoms with van der Waals surface area (Å²) >= 11 is 0. The summed E-state index contributed by atoms with van der Waals surface area (Å²) in [5.41, 5.74) is 19.3. The largest absolute Gasteiger partial charge is 0.379 e. The van der Waals surface area contributed by atoms with Crippen LogP contribution in [0.3, 0.4) is 0 Å². The van der Waals surface area contributed by atoms with Gasteiger partial charge in [-0.15, -0.1) is 9.98 Å². The fraction of sp³-hybridized carbons (Fsp3) is 0.538. The molecule has 12 aliphatic rings. The molecule has 6 aliphatic heterocycles. The lowest BCUT2D eigenvalue weighted by Crippen LogP contribution is -2.39. The van der Waals surface area contributed by atoms with Gasteiger partial charge in [-0.1, -0.05) is 128 Å². The van der Waals surface area contributed by atoms with Gasteiger partial charge in [0.15, 0.2) is 22.8 Å². The molecule has 0 unspecified atom stereocenters. The van der Waals surface area contributed by atoms with Gasteiger partial charge in [0.2, 0.25) is 0 Å². The molecule has 0 radical (unpaired) electrons. The maximum Gasteiger partial charge on any atom is 0.293 e. The molecule has 0 spiro atoms. The first kappa shape index (κ1) is 106. The summed E-state index contributed by atoms with van der Waals surface area (Å²) in [6, 6.07) is 25.1. The summed E-state index contributed by atoms with van der Waals surface area (Å²) in [5.74, 6) is -0.178. The third-order valence-corrected chi connectivity index (χ3v) is 29.6. The number of rotatable bonds is 33. The second kappa shape index (κ2) is 48.7. The van der Waals surface area contributed by atoms with Crippen molar-refractivity contribution in [3.05, 3.63) is 258 Å². The summed E-state index contributed by atoms with van der Waals surface area (Å²) in [6.45, 7) is 76.8. The number of amides is 4. The van der Waals surface area contributed by atoms with Crippen LogP contribution in [0.25, 0.3) is 41.7 Å². The lowest BCUT2D eigenvalue weighted by Gasteiger charge is -2.32. The van der Waals surface area contributed by atoms with Crippen LogP contribution >= 0.6 is 0 Å². The monoisotopic (exact) mass is 1900 g/mol. The Morgan fingerprint density at radius 1 is 0.371 bits per heavy atom. The molecule has 4 aromatic rings. The summed E-state index contributed by atoms with van der Waals surface area (Å²) in [5, 5.41) is 12.4. The van der Waals surface area contributed by atoms with Crippen LogP contribution in [0.5, 0.6) is 0 Å². The van der Waals surface area contributed by atoms with Gasteiger partial charge in [0.25, 0.3) is 35.3 Å². The standard InChI is InChI=1S/C30H39N3O3.C30H39N3O2.C29H38N4O2.C28H36N4O2/c1-29(2)12-10-22(11-13-29)26-21-24(30(3,4)36-19-16-33-14-17-35-18-15-33)7-9-27(26)32-28(34)23-6-8-25(20-23)31-5;1-29(2)14-12-22(13-15-29)26-21-24(30(3,4)35-19-18-33-16-6-7-17-33)9-11-27(26)32-28(34)23-8-10-25(20-23)31-5;1-28(2)14-12-21(13-15-28)23-20-22(29(3,4)35-19-18-33-16-6-7-17-33)8-9-24(23)32-27(34)25-10-11-26(30-5)31-25;1-28(2,34-19-9-18-32-16-7-8-17-32)22-12-13-24(23(20-22)21-10-5-4-6-11-21)31-27(33)25-14-15-26(29-3)30-25/h7-10,20-21H,6,11-19H2,1-4H3,(H,32,34);9-12,20-21H,6-8,13-19H2,1-4H3,(H,32,34);8-9,11-12,20H,6-7,10,13-19H2,1-4H3,(H,32,34);10,12-13,15,20H,4-9,11,14,16-19H2,1-2H3,(H,31,33). The smallest absolute Gasteiger partial charge is 0.293 e. The van der Waals surface area contributed by atoms with Crippen LogP contribution in [0, 0.1) is 42.5 Å². The third-order valence-electron chi connectivity index (χ3n) is 29.6. The lowest BCUT2D eigenvalue weighted by molar-refractivity contribution is -0.113. The molecule has 6 heterocycles. The maximum absolute atomic E-state index is 13.0. The number of nitrogens with one attached hydrogen (secondary N) is 4. The molecule has 140 heavy (non-hydrogen) atoms. The van der Waals surface area contributed by atoms with Gasteiger partial charge in [-0.25, -0.2) is 9.69 Å². The first-order valence-electron chi connectivity index (χ1n) is 51.5. The van der Waals surface area contributed by atoms with Gasteiger partial charge in [-0.3, -0.25) is 24.1 Å². The number of nitrogens with zero attached hydrogens (tertiary/aromatic N) is 10. The number of allylic oxidation sites excluding steroid dienone is 14. The fourth-order valence-corrected chi connectivity index (χ4v) is 19.9. The molecule has 0 aromatic heterocycles. The van der Waals surface area contributed by atoms with E-state index in [2.05, 4.69) is 240 Å². The second-order valence-electron chi connectivity index (χ2n) is 43.6. The highest BCUT2D eigenvalue weighted by Gasteiger charge is 2.36. The highest BCUT2D eigenvalue weighted by Crippen LogP contribution is 2.47. The highest BCUT2D eigenvalue weighted by atomic mass is 16.5.